The Morgan fingerprint density at radius 2 is 1.77 bits per heavy atom. The highest BCUT2D eigenvalue weighted by Gasteiger charge is 2.28. The summed E-state index contributed by atoms with van der Waals surface area (Å²) in [5.74, 6) is 0.761. The minimum absolute atomic E-state index is 0.318. The van der Waals surface area contributed by atoms with Crippen molar-refractivity contribution in [2.75, 3.05) is 45.2 Å². The van der Waals surface area contributed by atoms with Crippen molar-refractivity contribution in [3.05, 3.63) is 29.8 Å². The summed E-state index contributed by atoms with van der Waals surface area (Å²) in [5, 5.41) is 4.48. The van der Waals surface area contributed by atoms with E-state index in [4.69, 9.17) is 0 Å². The summed E-state index contributed by atoms with van der Waals surface area (Å²) in [6.07, 6.45) is 3.51. The van der Waals surface area contributed by atoms with E-state index < -0.39 is 10.0 Å². The molecule has 10 heteroatoms. The van der Waals surface area contributed by atoms with Gasteiger partial charge in [0, 0.05) is 26.5 Å². The number of aryl methyl sites for hydroxylation is 1. The number of nitrogens with one attached hydrogen (secondary N) is 1. The highest BCUT2D eigenvalue weighted by Crippen LogP contribution is 2.21. The van der Waals surface area contributed by atoms with Crippen LogP contribution in [0.15, 0.2) is 23.4 Å². The maximum absolute atomic E-state index is 12.5. The molecule has 0 atom stereocenters. The van der Waals surface area contributed by atoms with Crippen LogP contribution in [-0.2, 0) is 16.7 Å². The van der Waals surface area contributed by atoms with Gasteiger partial charge in [0.1, 0.15) is 4.90 Å². The molecule has 0 radical (unpaired) electrons. The molecular weight excluding hydrogens is 354 g/mol. The summed E-state index contributed by atoms with van der Waals surface area (Å²) in [7, 11) is -0.400. The lowest BCUT2D eigenvalue weighted by atomic mass is 10.3. The monoisotopic (exact) mass is 380 g/mol. The molecule has 0 unspecified atom stereocenters. The molecular formula is C16H26N7O2S+. The van der Waals surface area contributed by atoms with E-state index in [2.05, 4.69) is 20.0 Å². The fourth-order valence-electron chi connectivity index (χ4n) is 3.24. The molecule has 2 aromatic heterocycles. The van der Waals surface area contributed by atoms with E-state index in [9.17, 15) is 8.42 Å². The molecule has 1 fully saturated rings. The first kappa shape index (κ1) is 18.7. The molecule has 1 N–H and O–H groups in total. The van der Waals surface area contributed by atoms with E-state index >= 15 is 0 Å². The van der Waals surface area contributed by atoms with Crippen molar-refractivity contribution in [3.8, 4) is 0 Å². The zero-order chi connectivity index (χ0) is 18.9. The van der Waals surface area contributed by atoms with E-state index in [0.29, 0.717) is 23.0 Å². The molecule has 0 bridgehead atoms. The maximum Gasteiger partial charge on any atom is 0.246 e. The molecule has 1 saturated heterocycles. The van der Waals surface area contributed by atoms with Gasteiger partial charge in [0.25, 0.3) is 0 Å². The predicted molar refractivity (Wildman–Crippen MR) is 97.5 cm³/mol. The summed E-state index contributed by atoms with van der Waals surface area (Å²) in [6, 6.07) is 1.81. The molecule has 0 aromatic carbocycles. The Labute approximate surface area is 154 Å². The van der Waals surface area contributed by atoms with Crippen molar-refractivity contribution in [1.29, 1.82) is 0 Å². The SMILES string of the molecule is Cc1nn(C[NH+]2CCN(c3ncccn3)CC2)c(C)c1S(=O)(=O)N(C)C. The van der Waals surface area contributed by atoms with Gasteiger partial charge in [0.15, 0.2) is 6.67 Å². The molecule has 9 nitrogen and oxygen atoms in total. The van der Waals surface area contributed by atoms with Crippen LogP contribution in [0.4, 0.5) is 5.95 Å². The van der Waals surface area contributed by atoms with Gasteiger partial charge in [-0.05, 0) is 19.9 Å². The molecule has 142 valence electrons. The largest absolute Gasteiger partial charge is 0.330 e. The average Bonchev–Trinajstić information content (AvgIpc) is 2.90. The van der Waals surface area contributed by atoms with Gasteiger partial charge in [-0.1, -0.05) is 0 Å². The predicted octanol–water partition coefficient (Wildman–Crippen LogP) is -1.10. The molecule has 2 aromatic rings. The Morgan fingerprint density at radius 1 is 1.15 bits per heavy atom. The van der Waals surface area contributed by atoms with Crippen LogP contribution in [0.1, 0.15) is 11.4 Å². The minimum atomic E-state index is -3.49. The van der Waals surface area contributed by atoms with Crippen LogP contribution in [0.5, 0.6) is 0 Å². The number of quaternary nitrogens is 1. The fraction of sp³-hybridized carbons (Fsp3) is 0.562. The topological polar surface area (TPSA) is 88.7 Å². The van der Waals surface area contributed by atoms with Crippen molar-refractivity contribution in [3.63, 3.8) is 0 Å². The summed E-state index contributed by atoms with van der Waals surface area (Å²) in [4.78, 5) is 12.5. The smallest absolute Gasteiger partial charge is 0.246 e. The minimum Gasteiger partial charge on any atom is -0.330 e. The Balaban J connectivity index is 1.70. The maximum atomic E-state index is 12.5. The van der Waals surface area contributed by atoms with E-state index in [-0.39, 0.29) is 0 Å². The second-order valence-corrected chi connectivity index (χ2v) is 8.82. The summed E-state index contributed by atoms with van der Waals surface area (Å²) in [5.41, 5.74) is 1.24. The van der Waals surface area contributed by atoms with Crippen LogP contribution in [0.25, 0.3) is 0 Å². The summed E-state index contributed by atoms with van der Waals surface area (Å²) < 4.78 is 28.1. The van der Waals surface area contributed by atoms with E-state index in [1.807, 2.05) is 17.7 Å². The average molecular weight is 380 g/mol. The van der Waals surface area contributed by atoms with Crippen LogP contribution in [0, 0.1) is 13.8 Å². The number of nitrogens with zero attached hydrogens (tertiary/aromatic N) is 6. The first-order valence-corrected chi connectivity index (χ1v) is 10.1. The highest BCUT2D eigenvalue weighted by molar-refractivity contribution is 7.89. The molecule has 1 aliphatic heterocycles. The lowest BCUT2D eigenvalue weighted by Gasteiger charge is -2.32. The van der Waals surface area contributed by atoms with E-state index in [1.165, 1.54) is 9.21 Å². The third kappa shape index (κ3) is 3.57. The van der Waals surface area contributed by atoms with Crippen molar-refractivity contribution in [2.45, 2.75) is 25.4 Å². The van der Waals surface area contributed by atoms with Crippen molar-refractivity contribution in [2.24, 2.45) is 0 Å². The number of anilines is 1. The zero-order valence-electron chi connectivity index (χ0n) is 15.7. The first-order chi connectivity index (χ1) is 12.3. The summed E-state index contributed by atoms with van der Waals surface area (Å²) in [6.45, 7) is 7.80. The molecule has 1 aliphatic rings. The first-order valence-electron chi connectivity index (χ1n) is 8.62. The van der Waals surface area contributed by atoms with Crippen LogP contribution < -0.4 is 9.80 Å². The number of hydrogen-bond acceptors (Lipinski definition) is 6. The number of aromatic nitrogens is 4. The van der Waals surface area contributed by atoms with Gasteiger partial charge < -0.3 is 9.80 Å². The fourth-order valence-corrected chi connectivity index (χ4v) is 4.50. The second-order valence-electron chi connectivity index (χ2n) is 6.73. The Morgan fingerprint density at radius 3 is 2.35 bits per heavy atom. The van der Waals surface area contributed by atoms with E-state index in [1.54, 1.807) is 33.4 Å². The van der Waals surface area contributed by atoms with Crippen LogP contribution in [0.3, 0.4) is 0 Å². The Kier molecular flexibility index (Phi) is 5.26. The van der Waals surface area contributed by atoms with Gasteiger partial charge in [0.05, 0.1) is 37.6 Å². The van der Waals surface area contributed by atoms with Gasteiger partial charge in [-0.15, -0.1) is 0 Å². The molecule has 26 heavy (non-hydrogen) atoms. The summed E-state index contributed by atoms with van der Waals surface area (Å²) >= 11 is 0. The molecule has 3 heterocycles. The van der Waals surface area contributed by atoms with Gasteiger partial charge in [-0.2, -0.15) is 5.10 Å². The van der Waals surface area contributed by atoms with Gasteiger partial charge >= 0.3 is 0 Å². The van der Waals surface area contributed by atoms with Gasteiger partial charge in [0.2, 0.25) is 16.0 Å². The lowest BCUT2D eigenvalue weighted by Crippen LogP contribution is -3.14. The molecule has 0 saturated carbocycles. The molecule has 0 amide bonds. The molecule has 0 aliphatic carbocycles. The third-order valence-electron chi connectivity index (χ3n) is 4.73. The van der Waals surface area contributed by atoms with Crippen molar-refractivity contribution >= 4 is 16.0 Å². The third-order valence-corrected chi connectivity index (χ3v) is 6.80. The quantitative estimate of drug-likeness (QED) is 0.709. The van der Waals surface area contributed by atoms with Crippen LogP contribution >= 0.6 is 0 Å². The van der Waals surface area contributed by atoms with Gasteiger partial charge in [-0.3, -0.25) is 0 Å². The normalized spacial score (nSPS) is 16.4. The van der Waals surface area contributed by atoms with Gasteiger partial charge in [-0.25, -0.2) is 27.4 Å². The molecule has 3 rings (SSSR count). The number of hydrogen-bond donors (Lipinski definition) is 1. The highest BCUT2D eigenvalue weighted by atomic mass is 32.2. The number of rotatable bonds is 5. The standard InChI is InChI=1S/C16H25N7O2S/c1-13-15(26(24,25)20(3)4)14(2)23(19-13)12-21-8-10-22(11-9-21)16-17-6-5-7-18-16/h5-7H,8-12H2,1-4H3/p+1. The number of sulfonamides is 1. The second kappa shape index (κ2) is 7.29. The van der Waals surface area contributed by atoms with Crippen molar-refractivity contribution in [1.82, 2.24) is 24.1 Å². The molecule has 0 spiro atoms. The number of piperazine rings is 1. The van der Waals surface area contributed by atoms with Crippen LogP contribution in [0.2, 0.25) is 0 Å². The Hall–Kier alpha value is -2.04. The van der Waals surface area contributed by atoms with Crippen molar-refractivity contribution < 1.29 is 13.3 Å². The van der Waals surface area contributed by atoms with Crippen LogP contribution in [-0.4, -0.2) is 72.7 Å². The Bertz CT molecular complexity index is 856. The lowest BCUT2D eigenvalue weighted by molar-refractivity contribution is -0.924. The van der Waals surface area contributed by atoms with E-state index in [0.717, 1.165) is 32.1 Å². The zero-order valence-corrected chi connectivity index (χ0v) is 16.5.